The third-order valence-electron chi connectivity index (χ3n) is 3.99. The van der Waals surface area contributed by atoms with Gasteiger partial charge in [0.05, 0.1) is 16.9 Å². The van der Waals surface area contributed by atoms with Crippen LogP contribution in [0.4, 0.5) is 0 Å². The van der Waals surface area contributed by atoms with Crippen LogP contribution in [0.2, 0.25) is 0 Å². The smallest absolute Gasteiger partial charge is 0.311 e. The first-order valence-corrected chi connectivity index (χ1v) is 11.0. The highest BCUT2D eigenvalue weighted by atomic mass is 32.2. The van der Waals surface area contributed by atoms with Crippen molar-refractivity contribution >= 4 is 33.9 Å². The van der Waals surface area contributed by atoms with Gasteiger partial charge in [-0.25, -0.2) is 5.26 Å². The van der Waals surface area contributed by atoms with Crippen molar-refractivity contribution in [3.63, 3.8) is 0 Å². The Morgan fingerprint density at radius 3 is 2.33 bits per heavy atom. The van der Waals surface area contributed by atoms with Crippen LogP contribution in [0, 0.1) is 0 Å². The van der Waals surface area contributed by atoms with Gasteiger partial charge >= 0.3 is 5.97 Å². The molecule has 0 saturated carbocycles. The number of ether oxygens (including phenoxy) is 1. The fraction of sp³-hybridized carbons (Fsp3) is 0.263. The van der Waals surface area contributed by atoms with E-state index in [0.717, 1.165) is 6.07 Å². The first kappa shape index (κ1) is 24.0. The maximum Gasteiger partial charge on any atom is 0.311 e. The molecule has 0 radical (unpaired) electrons. The zero-order chi connectivity index (χ0) is 22.3. The van der Waals surface area contributed by atoms with Gasteiger partial charge in [0, 0.05) is 18.4 Å². The van der Waals surface area contributed by atoms with Crippen molar-refractivity contribution in [2.24, 2.45) is 0 Å². The molecule has 0 atom stereocenters. The second kappa shape index (κ2) is 10.7. The standard InChI is InChI=1S/C19H20O9S2/c1-3-5-19(21)26-16-9-7-13(11-18(16)30(23,24)25)12-6-8-14(15(20)4-2)17(10-12)29-28-27-22/h6-11,22H,3-5H2,1-2H3,(H,23,24,25). The lowest BCUT2D eigenvalue weighted by Gasteiger charge is -2.12. The van der Waals surface area contributed by atoms with Gasteiger partial charge in [0.1, 0.15) is 4.90 Å². The highest BCUT2D eigenvalue weighted by Crippen LogP contribution is 2.34. The van der Waals surface area contributed by atoms with Crippen molar-refractivity contribution in [2.45, 2.75) is 42.9 Å². The SMILES string of the molecule is CCCC(=O)Oc1ccc(-c2ccc(C(=O)CC)c(SOOO)c2)cc1S(=O)(=O)O. The summed E-state index contributed by atoms with van der Waals surface area (Å²) >= 11 is 0.596. The Bertz CT molecular complexity index is 1030. The molecule has 0 aliphatic carbocycles. The first-order chi connectivity index (χ1) is 14.2. The van der Waals surface area contributed by atoms with Crippen molar-refractivity contribution in [3.05, 3.63) is 42.0 Å². The zero-order valence-electron chi connectivity index (χ0n) is 16.2. The number of rotatable bonds is 10. The summed E-state index contributed by atoms with van der Waals surface area (Å²) in [7, 11) is -4.69. The maximum atomic E-state index is 12.1. The molecule has 0 unspecified atom stereocenters. The van der Waals surface area contributed by atoms with E-state index in [1.807, 2.05) is 0 Å². The molecule has 0 aliphatic rings. The van der Waals surface area contributed by atoms with Crippen LogP contribution >= 0.6 is 12.0 Å². The Morgan fingerprint density at radius 1 is 1.07 bits per heavy atom. The minimum absolute atomic E-state index is 0.0904. The molecule has 0 saturated heterocycles. The second-order valence-corrected chi connectivity index (χ2v) is 8.21. The fourth-order valence-electron chi connectivity index (χ4n) is 2.59. The van der Waals surface area contributed by atoms with E-state index in [2.05, 4.69) is 9.37 Å². The van der Waals surface area contributed by atoms with E-state index in [4.69, 9.17) is 9.99 Å². The van der Waals surface area contributed by atoms with Gasteiger partial charge in [-0.1, -0.05) is 31.0 Å². The quantitative estimate of drug-likeness (QED) is 0.101. The van der Waals surface area contributed by atoms with Crippen molar-refractivity contribution in [3.8, 4) is 16.9 Å². The van der Waals surface area contributed by atoms with E-state index in [1.165, 1.54) is 24.3 Å². The van der Waals surface area contributed by atoms with Gasteiger partial charge in [0.2, 0.25) is 0 Å². The van der Waals surface area contributed by atoms with Crippen LogP contribution in [0.3, 0.4) is 0 Å². The molecule has 0 amide bonds. The largest absolute Gasteiger partial charge is 0.425 e. The monoisotopic (exact) mass is 456 g/mol. The Balaban J connectivity index is 2.52. The number of carbonyl (C=O) groups is 2. The molecule has 162 valence electrons. The lowest BCUT2D eigenvalue weighted by atomic mass is 10.0. The molecular formula is C19H20O9S2. The van der Waals surface area contributed by atoms with Gasteiger partial charge in [0.15, 0.2) is 11.5 Å². The molecule has 0 aliphatic heterocycles. The fourth-order valence-corrected chi connectivity index (χ4v) is 3.79. The van der Waals surface area contributed by atoms with Gasteiger partial charge in [-0.15, -0.1) is 4.33 Å². The summed E-state index contributed by atoms with van der Waals surface area (Å²) in [6, 6.07) is 8.54. The molecule has 2 aromatic rings. The number of carbonyl (C=O) groups excluding carboxylic acids is 2. The van der Waals surface area contributed by atoms with Crippen LogP contribution in [-0.4, -0.2) is 30.0 Å². The van der Waals surface area contributed by atoms with Crippen LogP contribution in [0.5, 0.6) is 5.75 Å². The van der Waals surface area contributed by atoms with Gasteiger partial charge in [-0.3, -0.25) is 14.1 Å². The highest BCUT2D eigenvalue weighted by Gasteiger charge is 2.21. The van der Waals surface area contributed by atoms with E-state index in [0.29, 0.717) is 40.0 Å². The summed E-state index contributed by atoms with van der Waals surface area (Å²) in [5.41, 5.74) is 1.16. The summed E-state index contributed by atoms with van der Waals surface area (Å²) in [6.07, 6.45) is 0.839. The van der Waals surface area contributed by atoms with Crippen molar-refractivity contribution in [1.82, 2.24) is 0 Å². The number of ketones is 1. The average molecular weight is 456 g/mol. The molecule has 11 heteroatoms. The molecule has 0 heterocycles. The predicted octanol–water partition coefficient (Wildman–Crippen LogP) is 4.33. The highest BCUT2D eigenvalue weighted by molar-refractivity contribution is 7.94. The number of esters is 1. The lowest BCUT2D eigenvalue weighted by molar-refractivity contribution is -0.432. The summed E-state index contributed by atoms with van der Waals surface area (Å²) in [4.78, 5) is 23.6. The van der Waals surface area contributed by atoms with Crippen molar-refractivity contribution < 1.29 is 41.9 Å². The van der Waals surface area contributed by atoms with Crippen LogP contribution in [0.25, 0.3) is 11.1 Å². The molecule has 2 aromatic carbocycles. The predicted molar refractivity (Wildman–Crippen MR) is 108 cm³/mol. The van der Waals surface area contributed by atoms with Crippen LogP contribution in [-0.2, 0) is 24.3 Å². The van der Waals surface area contributed by atoms with E-state index in [1.54, 1.807) is 19.9 Å². The van der Waals surface area contributed by atoms with Gasteiger partial charge in [-0.05, 0) is 41.8 Å². The van der Waals surface area contributed by atoms with E-state index < -0.39 is 21.0 Å². The summed E-state index contributed by atoms with van der Waals surface area (Å²) in [5, 5.41) is 12.0. The van der Waals surface area contributed by atoms with Gasteiger partial charge in [0.25, 0.3) is 10.1 Å². The summed E-state index contributed by atoms with van der Waals surface area (Å²) in [5.74, 6) is -1.09. The first-order valence-electron chi connectivity index (χ1n) is 8.85. The van der Waals surface area contributed by atoms with E-state index >= 15 is 0 Å². The normalized spacial score (nSPS) is 11.3. The van der Waals surface area contributed by atoms with Gasteiger partial charge in [-0.2, -0.15) is 8.42 Å². The molecule has 0 aromatic heterocycles. The minimum Gasteiger partial charge on any atom is -0.425 e. The number of hydrogen-bond donors (Lipinski definition) is 2. The maximum absolute atomic E-state index is 12.1. The molecule has 0 spiro atoms. The zero-order valence-corrected chi connectivity index (χ0v) is 17.8. The second-order valence-electron chi connectivity index (χ2n) is 6.07. The molecular weight excluding hydrogens is 436 g/mol. The van der Waals surface area contributed by atoms with E-state index in [-0.39, 0.29) is 24.4 Å². The van der Waals surface area contributed by atoms with Crippen molar-refractivity contribution in [1.29, 1.82) is 0 Å². The minimum atomic E-state index is -4.69. The van der Waals surface area contributed by atoms with Crippen LogP contribution < -0.4 is 4.74 Å². The van der Waals surface area contributed by atoms with E-state index in [9.17, 15) is 22.6 Å². The third-order valence-corrected chi connectivity index (χ3v) is 5.51. The Morgan fingerprint density at radius 2 is 1.73 bits per heavy atom. The average Bonchev–Trinajstić information content (AvgIpc) is 2.71. The number of Topliss-reactive ketones (excluding diaryl/α,β-unsaturated/α-hetero) is 1. The molecule has 2 N–H and O–H groups in total. The summed E-state index contributed by atoms with van der Waals surface area (Å²) < 4.78 is 42.7. The Labute approximate surface area is 177 Å². The summed E-state index contributed by atoms with van der Waals surface area (Å²) in [6.45, 7) is 3.45. The molecule has 0 bridgehead atoms. The molecule has 0 fully saturated rings. The molecule has 9 nitrogen and oxygen atoms in total. The Kier molecular flexibility index (Phi) is 8.53. The van der Waals surface area contributed by atoms with Gasteiger partial charge < -0.3 is 4.74 Å². The van der Waals surface area contributed by atoms with Crippen LogP contribution in [0.1, 0.15) is 43.5 Å². The third kappa shape index (κ3) is 6.11. The molecule has 30 heavy (non-hydrogen) atoms. The topological polar surface area (TPSA) is 136 Å². The van der Waals surface area contributed by atoms with Crippen LogP contribution in [0.15, 0.2) is 46.2 Å². The molecule has 2 rings (SSSR count). The number of benzene rings is 2. The van der Waals surface area contributed by atoms with Crippen molar-refractivity contribution in [2.75, 3.05) is 0 Å². The number of hydrogen-bond acceptors (Lipinski definition) is 9. The lowest BCUT2D eigenvalue weighted by Crippen LogP contribution is -2.10. The Hall–Kier alpha value is -2.28.